The Labute approximate surface area is 134 Å². The van der Waals surface area contributed by atoms with Crippen molar-refractivity contribution in [1.29, 1.82) is 0 Å². The number of carbonyl (C=O) groups excluding carboxylic acids is 1. The van der Waals surface area contributed by atoms with Gasteiger partial charge in [0.05, 0.1) is 0 Å². The highest BCUT2D eigenvalue weighted by molar-refractivity contribution is 6.68. The number of nitrogens with zero attached hydrogens (tertiary/aromatic N) is 1. The van der Waals surface area contributed by atoms with Crippen molar-refractivity contribution in [3.8, 4) is 0 Å². The molecule has 1 amide bonds. The fraction of sp³-hybridized carbons (Fsp3) is 0.538. The summed E-state index contributed by atoms with van der Waals surface area (Å²) in [5.41, 5.74) is 0.991. The van der Waals surface area contributed by atoms with E-state index in [2.05, 4.69) is 10.3 Å². The van der Waals surface area contributed by atoms with Crippen LogP contribution in [-0.2, 0) is 11.3 Å². The number of hydrogen-bond donors (Lipinski definition) is 2. The number of halogens is 3. The van der Waals surface area contributed by atoms with Gasteiger partial charge in [-0.3, -0.25) is 9.78 Å². The zero-order chi connectivity index (χ0) is 15.2. The van der Waals surface area contributed by atoms with E-state index in [-0.39, 0.29) is 11.8 Å². The first-order valence-corrected chi connectivity index (χ1v) is 7.50. The Morgan fingerprint density at radius 1 is 1.45 bits per heavy atom. The van der Waals surface area contributed by atoms with Crippen LogP contribution in [-0.4, -0.2) is 20.8 Å². The molecule has 20 heavy (non-hydrogen) atoms. The fourth-order valence-electron chi connectivity index (χ4n) is 1.65. The molecular formula is C13H19Cl3N3O+. The average Bonchev–Trinajstić information content (AvgIpc) is 2.33. The molecule has 0 spiro atoms. The number of pyridine rings is 1. The van der Waals surface area contributed by atoms with E-state index in [9.17, 15) is 4.79 Å². The molecule has 1 rings (SSSR count). The molecular weight excluding hydrogens is 321 g/mol. The van der Waals surface area contributed by atoms with Crippen LogP contribution in [0.2, 0.25) is 0 Å². The number of amides is 1. The molecule has 1 aromatic heterocycles. The van der Waals surface area contributed by atoms with E-state index in [1.54, 1.807) is 17.7 Å². The molecule has 0 aliphatic heterocycles. The molecule has 1 atom stereocenters. The summed E-state index contributed by atoms with van der Waals surface area (Å²) < 4.78 is -1.57. The van der Waals surface area contributed by atoms with Gasteiger partial charge in [0, 0.05) is 24.4 Å². The number of carbonyl (C=O) groups is 1. The van der Waals surface area contributed by atoms with Gasteiger partial charge in [-0.15, -0.1) is 0 Å². The Balaban J connectivity index is 2.59. The van der Waals surface area contributed by atoms with Crippen molar-refractivity contribution in [3.05, 3.63) is 30.1 Å². The van der Waals surface area contributed by atoms with E-state index in [0.717, 1.165) is 5.56 Å². The molecule has 4 nitrogen and oxygen atoms in total. The SMILES string of the molecule is CC(C)CC(=O)N[C@@H]([NH2+]Cc1cccnc1)C(Cl)(Cl)Cl. The molecule has 7 heteroatoms. The lowest BCUT2D eigenvalue weighted by molar-refractivity contribution is -0.707. The second-order valence-corrected chi connectivity index (χ2v) is 7.35. The van der Waals surface area contributed by atoms with Gasteiger partial charge in [-0.25, -0.2) is 0 Å². The van der Waals surface area contributed by atoms with Gasteiger partial charge in [0.15, 0.2) is 0 Å². The van der Waals surface area contributed by atoms with Crippen molar-refractivity contribution in [1.82, 2.24) is 10.3 Å². The summed E-state index contributed by atoms with van der Waals surface area (Å²) in [5, 5.41) is 4.53. The lowest BCUT2D eigenvalue weighted by Gasteiger charge is -2.23. The maximum absolute atomic E-state index is 11.8. The molecule has 0 bridgehead atoms. The van der Waals surface area contributed by atoms with Crippen molar-refractivity contribution in [2.45, 2.75) is 36.8 Å². The van der Waals surface area contributed by atoms with E-state index < -0.39 is 9.96 Å². The van der Waals surface area contributed by atoms with Gasteiger partial charge in [0.25, 0.3) is 3.79 Å². The highest BCUT2D eigenvalue weighted by Crippen LogP contribution is 2.27. The number of alkyl halides is 3. The summed E-state index contributed by atoms with van der Waals surface area (Å²) in [4.78, 5) is 15.8. The first kappa shape index (κ1) is 17.5. The number of quaternary nitrogens is 1. The highest BCUT2D eigenvalue weighted by atomic mass is 35.6. The maximum Gasteiger partial charge on any atom is 0.262 e. The Kier molecular flexibility index (Phi) is 7.03. The van der Waals surface area contributed by atoms with Gasteiger partial charge >= 0.3 is 0 Å². The Hall–Kier alpha value is -0.550. The highest BCUT2D eigenvalue weighted by Gasteiger charge is 2.37. The smallest absolute Gasteiger partial charge is 0.262 e. The Morgan fingerprint density at radius 3 is 2.65 bits per heavy atom. The molecule has 0 aliphatic rings. The van der Waals surface area contributed by atoms with Crippen LogP contribution in [0.4, 0.5) is 0 Å². The molecule has 0 saturated heterocycles. The predicted octanol–water partition coefficient (Wildman–Crippen LogP) is 2.00. The van der Waals surface area contributed by atoms with Crippen molar-refractivity contribution in [2.24, 2.45) is 5.92 Å². The van der Waals surface area contributed by atoms with Crippen LogP contribution in [0.25, 0.3) is 0 Å². The zero-order valence-corrected chi connectivity index (χ0v) is 13.7. The summed E-state index contributed by atoms with van der Waals surface area (Å²) in [5.74, 6) is 0.128. The number of aromatic nitrogens is 1. The van der Waals surface area contributed by atoms with Crippen molar-refractivity contribution >= 4 is 40.7 Å². The standard InChI is InChI=1S/C13H18Cl3N3O/c1-9(2)6-11(20)19-12(13(14,15)16)18-8-10-4-3-5-17-7-10/h3-5,7,9,12,18H,6,8H2,1-2H3,(H,19,20)/p+1/t12-/m1/s1. The van der Waals surface area contributed by atoms with E-state index in [0.29, 0.717) is 13.0 Å². The summed E-state index contributed by atoms with van der Waals surface area (Å²) >= 11 is 17.7. The Morgan fingerprint density at radius 2 is 2.15 bits per heavy atom. The van der Waals surface area contributed by atoms with Crippen LogP contribution < -0.4 is 10.6 Å². The van der Waals surface area contributed by atoms with Gasteiger partial charge < -0.3 is 10.6 Å². The number of nitrogens with two attached hydrogens (primary N) is 1. The predicted molar refractivity (Wildman–Crippen MR) is 81.5 cm³/mol. The number of nitrogens with one attached hydrogen (secondary N) is 1. The third kappa shape index (κ3) is 6.75. The molecule has 112 valence electrons. The van der Waals surface area contributed by atoms with Crippen LogP contribution in [0.1, 0.15) is 25.8 Å². The monoisotopic (exact) mass is 338 g/mol. The van der Waals surface area contributed by atoms with Crippen molar-refractivity contribution in [3.63, 3.8) is 0 Å². The van der Waals surface area contributed by atoms with Gasteiger partial charge in [-0.05, 0) is 12.0 Å². The fourth-order valence-corrected chi connectivity index (χ4v) is 2.08. The summed E-state index contributed by atoms with van der Waals surface area (Å²) in [6, 6.07) is 3.76. The quantitative estimate of drug-likeness (QED) is 0.615. The normalized spacial score (nSPS) is 13.3. The van der Waals surface area contributed by atoms with Gasteiger partial charge in [-0.2, -0.15) is 0 Å². The molecule has 1 heterocycles. The minimum absolute atomic E-state index is 0.126. The van der Waals surface area contributed by atoms with Crippen LogP contribution in [0.5, 0.6) is 0 Å². The van der Waals surface area contributed by atoms with Crippen LogP contribution in [0.15, 0.2) is 24.5 Å². The minimum atomic E-state index is -1.57. The first-order valence-electron chi connectivity index (χ1n) is 6.37. The van der Waals surface area contributed by atoms with E-state index in [1.165, 1.54) is 0 Å². The van der Waals surface area contributed by atoms with Gasteiger partial charge in [0.1, 0.15) is 6.54 Å². The van der Waals surface area contributed by atoms with Crippen molar-refractivity contribution in [2.75, 3.05) is 0 Å². The largest absolute Gasteiger partial charge is 0.319 e. The van der Waals surface area contributed by atoms with Gasteiger partial charge in [0.2, 0.25) is 12.1 Å². The lowest BCUT2D eigenvalue weighted by atomic mass is 10.1. The molecule has 0 unspecified atom stereocenters. The molecule has 0 radical (unpaired) electrons. The van der Waals surface area contributed by atoms with E-state index in [1.807, 2.05) is 26.0 Å². The second kappa shape index (κ2) is 8.03. The van der Waals surface area contributed by atoms with Crippen molar-refractivity contribution < 1.29 is 10.1 Å². The third-order valence-electron chi connectivity index (χ3n) is 2.57. The zero-order valence-electron chi connectivity index (χ0n) is 11.4. The topological polar surface area (TPSA) is 58.6 Å². The molecule has 0 aliphatic carbocycles. The molecule has 1 aromatic rings. The van der Waals surface area contributed by atoms with Crippen LogP contribution in [0.3, 0.4) is 0 Å². The summed E-state index contributed by atoms with van der Waals surface area (Å²) in [7, 11) is 0. The van der Waals surface area contributed by atoms with Crippen LogP contribution in [0, 0.1) is 5.92 Å². The van der Waals surface area contributed by atoms with Crippen LogP contribution >= 0.6 is 34.8 Å². The van der Waals surface area contributed by atoms with Gasteiger partial charge in [-0.1, -0.05) is 54.7 Å². The first-order chi connectivity index (χ1) is 9.29. The Bertz CT molecular complexity index is 421. The number of hydrogen-bond acceptors (Lipinski definition) is 2. The maximum atomic E-state index is 11.8. The minimum Gasteiger partial charge on any atom is -0.319 e. The third-order valence-corrected chi connectivity index (χ3v) is 3.28. The molecule has 0 fully saturated rings. The second-order valence-electron chi connectivity index (χ2n) is 4.99. The molecule has 0 aromatic carbocycles. The summed E-state index contributed by atoms with van der Waals surface area (Å²) in [6.45, 7) is 4.49. The molecule has 3 N–H and O–H groups in total. The van der Waals surface area contributed by atoms with E-state index in [4.69, 9.17) is 34.8 Å². The molecule has 0 saturated carbocycles. The summed E-state index contributed by atoms with van der Waals surface area (Å²) in [6.07, 6.45) is 3.19. The number of rotatable bonds is 6. The average molecular weight is 340 g/mol. The van der Waals surface area contributed by atoms with E-state index >= 15 is 0 Å². The lowest BCUT2D eigenvalue weighted by Crippen LogP contribution is -2.95.